The number of halogens is 2. The molecule has 9 nitrogen and oxygen atoms in total. The third-order valence-electron chi connectivity index (χ3n) is 7.64. The lowest BCUT2D eigenvalue weighted by Crippen LogP contribution is -2.54. The van der Waals surface area contributed by atoms with E-state index in [1.165, 1.54) is 25.2 Å². The molecule has 1 N–H and O–H groups in total. The van der Waals surface area contributed by atoms with Gasteiger partial charge in [0, 0.05) is 25.1 Å². The fourth-order valence-corrected chi connectivity index (χ4v) is 6.52. The van der Waals surface area contributed by atoms with E-state index in [0.717, 1.165) is 41.8 Å². The van der Waals surface area contributed by atoms with Gasteiger partial charge in [-0.1, -0.05) is 72.4 Å². The zero-order chi connectivity index (χ0) is 31.9. The van der Waals surface area contributed by atoms with Crippen molar-refractivity contribution >= 4 is 50.7 Å². The van der Waals surface area contributed by atoms with Gasteiger partial charge in [-0.3, -0.25) is 13.9 Å². The van der Waals surface area contributed by atoms with Crippen LogP contribution in [0.4, 0.5) is 5.69 Å². The highest BCUT2D eigenvalue weighted by Crippen LogP contribution is 2.34. The van der Waals surface area contributed by atoms with E-state index in [2.05, 4.69) is 5.32 Å². The van der Waals surface area contributed by atoms with Gasteiger partial charge in [0.15, 0.2) is 0 Å². The summed E-state index contributed by atoms with van der Waals surface area (Å²) in [7, 11) is -1.10. The van der Waals surface area contributed by atoms with E-state index in [0.29, 0.717) is 21.4 Å². The molecule has 12 heteroatoms. The van der Waals surface area contributed by atoms with Crippen LogP contribution in [0.1, 0.15) is 36.8 Å². The molecule has 4 rings (SSSR count). The van der Waals surface area contributed by atoms with Crippen LogP contribution in [0.15, 0.2) is 66.7 Å². The number of hydrogen-bond donors (Lipinski definition) is 1. The molecular formula is C32H37Cl2N3O6S. The highest BCUT2D eigenvalue weighted by molar-refractivity contribution is 7.92. The summed E-state index contributed by atoms with van der Waals surface area (Å²) in [5, 5.41) is 3.79. The minimum Gasteiger partial charge on any atom is -0.497 e. The van der Waals surface area contributed by atoms with Gasteiger partial charge in [0.1, 0.15) is 24.1 Å². The summed E-state index contributed by atoms with van der Waals surface area (Å²) in [6.45, 7) is -0.590. The third-order valence-corrected chi connectivity index (χ3v) is 9.51. The molecule has 1 fully saturated rings. The number of nitrogens with zero attached hydrogens (tertiary/aromatic N) is 2. The topological polar surface area (TPSA) is 105 Å². The number of anilines is 1. The van der Waals surface area contributed by atoms with E-state index in [9.17, 15) is 18.0 Å². The van der Waals surface area contributed by atoms with Crippen molar-refractivity contribution in [3.05, 3.63) is 87.9 Å². The van der Waals surface area contributed by atoms with Gasteiger partial charge in [-0.15, -0.1) is 0 Å². The maximum absolute atomic E-state index is 14.3. The van der Waals surface area contributed by atoms with Crippen molar-refractivity contribution < 1.29 is 27.5 Å². The molecule has 44 heavy (non-hydrogen) atoms. The normalized spacial score (nSPS) is 14.1. The molecule has 2 amide bonds. The Hall–Kier alpha value is -3.47. The average molecular weight is 663 g/mol. The van der Waals surface area contributed by atoms with E-state index in [-0.39, 0.29) is 36.4 Å². The lowest BCUT2D eigenvalue weighted by molar-refractivity contribution is -0.140. The van der Waals surface area contributed by atoms with Gasteiger partial charge < -0.3 is 19.7 Å². The smallest absolute Gasteiger partial charge is 0.244 e. The Morgan fingerprint density at radius 1 is 0.932 bits per heavy atom. The molecule has 1 aliphatic carbocycles. The second-order valence-electron chi connectivity index (χ2n) is 10.8. The maximum Gasteiger partial charge on any atom is 0.244 e. The molecule has 0 aliphatic heterocycles. The van der Waals surface area contributed by atoms with E-state index in [1.807, 2.05) is 30.3 Å². The van der Waals surface area contributed by atoms with Crippen LogP contribution in [-0.2, 0) is 32.6 Å². The number of rotatable bonds is 13. The van der Waals surface area contributed by atoms with Gasteiger partial charge in [-0.05, 0) is 48.2 Å². The van der Waals surface area contributed by atoms with Crippen LogP contribution in [-0.4, -0.2) is 64.2 Å². The number of nitrogens with one attached hydrogen (secondary N) is 1. The minimum atomic E-state index is -3.98. The van der Waals surface area contributed by atoms with Crippen LogP contribution in [0, 0.1) is 0 Å². The molecule has 0 spiro atoms. The number of carbonyl (C=O) groups excluding carboxylic acids is 2. The molecule has 0 heterocycles. The first-order valence-corrected chi connectivity index (χ1v) is 16.9. The maximum atomic E-state index is 14.3. The van der Waals surface area contributed by atoms with Crippen LogP contribution in [0.3, 0.4) is 0 Å². The summed E-state index contributed by atoms with van der Waals surface area (Å²) < 4.78 is 38.0. The zero-order valence-corrected chi connectivity index (χ0v) is 27.3. The fourth-order valence-electron chi connectivity index (χ4n) is 5.34. The quantitative estimate of drug-likeness (QED) is 0.260. The first-order chi connectivity index (χ1) is 21.0. The number of sulfonamides is 1. The lowest BCUT2D eigenvalue weighted by atomic mass is 10.0. The van der Waals surface area contributed by atoms with Crippen molar-refractivity contribution in [2.75, 3.05) is 31.3 Å². The number of carbonyl (C=O) groups is 2. The van der Waals surface area contributed by atoms with Crippen molar-refractivity contribution in [1.29, 1.82) is 0 Å². The summed E-state index contributed by atoms with van der Waals surface area (Å²) in [5.74, 6) is -0.222. The van der Waals surface area contributed by atoms with E-state index < -0.39 is 28.5 Å². The summed E-state index contributed by atoms with van der Waals surface area (Å²) in [4.78, 5) is 29.7. The predicted octanol–water partition coefficient (Wildman–Crippen LogP) is 5.48. The minimum absolute atomic E-state index is 0.0113. The number of amides is 2. The Kier molecular flexibility index (Phi) is 11.4. The van der Waals surface area contributed by atoms with Gasteiger partial charge >= 0.3 is 0 Å². The molecule has 3 aromatic rings. The first-order valence-electron chi connectivity index (χ1n) is 14.3. The summed E-state index contributed by atoms with van der Waals surface area (Å²) in [6, 6.07) is 18.1. The molecule has 1 saturated carbocycles. The Morgan fingerprint density at radius 3 is 2.25 bits per heavy atom. The third kappa shape index (κ3) is 8.58. The molecule has 1 unspecified atom stereocenters. The number of hydrogen-bond acceptors (Lipinski definition) is 6. The second kappa shape index (κ2) is 15.0. The van der Waals surface area contributed by atoms with Crippen LogP contribution in [0.2, 0.25) is 10.0 Å². The van der Waals surface area contributed by atoms with Crippen molar-refractivity contribution in [1.82, 2.24) is 10.2 Å². The van der Waals surface area contributed by atoms with Crippen LogP contribution < -0.4 is 19.1 Å². The fraction of sp³-hybridized carbons (Fsp3) is 0.375. The van der Waals surface area contributed by atoms with Crippen LogP contribution in [0.25, 0.3) is 0 Å². The SMILES string of the molecule is COc1ccc(N(CC(=O)N(Cc2ccc(Cl)c(Cl)c2)C(Cc2ccccc2)C(=O)NC2CCCC2)S(C)(=O)=O)c(OC)c1. The number of ether oxygens (including phenoxy) is 2. The van der Waals surface area contributed by atoms with Gasteiger partial charge in [-0.25, -0.2) is 8.42 Å². The molecule has 0 bridgehead atoms. The predicted molar refractivity (Wildman–Crippen MR) is 173 cm³/mol. The van der Waals surface area contributed by atoms with Gasteiger partial charge in [0.25, 0.3) is 0 Å². The molecule has 1 aliphatic rings. The van der Waals surface area contributed by atoms with Crippen molar-refractivity contribution in [2.45, 2.75) is 50.7 Å². The average Bonchev–Trinajstić information content (AvgIpc) is 3.52. The number of benzene rings is 3. The highest BCUT2D eigenvalue weighted by atomic mass is 35.5. The Balaban J connectivity index is 1.77. The zero-order valence-electron chi connectivity index (χ0n) is 25.0. The van der Waals surface area contributed by atoms with Gasteiger partial charge in [0.05, 0.1) is 36.2 Å². The van der Waals surface area contributed by atoms with Crippen molar-refractivity contribution in [2.24, 2.45) is 0 Å². The van der Waals surface area contributed by atoms with E-state index in [1.54, 1.807) is 30.3 Å². The summed E-state index contributed by atoms with van der Waals surface area (Å²) in [5.41, 5.74) is 1.64. The second-order valence-corrected chi connectivity index (χ2v) is 13.5. The first kappa shape index (κ1) is 33.4. The Morgan fingerprint density at radius 2 is 1.64 bits per heavy atom. The van der Waals surface area contributed by atoms with Gasteiger partial charge in [-0.2, -0.15) is 0 Å². The molecule has 3 aromatic carbocycles. The van der Waals surface area contributed by atoms with Crippen molar-refractivity contribution in [3.63, 3.8) is 0 Å². The van der Waals surface area contributed by atoms with E-state index >= 15 is 0 Å². The molecule has 0 radical (unpaired) electrons. The van der Waals surface area contributed by atoms with Crippen LogP contribution >= 0.6 is 23.2 Å². The molecule has 0 saturated heterocycles. The molecule has 236 valence electrons. The molecule has 0 aromatic heterocycles. The number of methoxy groups -OCH3 is 2. The standard InChI is InChI=1S/C32H37Cl2N3O6S/c1-42-25-14-16-28(30(19-25)43-2)37(44(3,40)41)21-31(38)36(20-23-13-15-26(33)27(34)17-23)29(18-22-9-5-4-6-10-22)32(39)35-24-11-7-8-12-24/h4-6,9-10,13-17,19,24,29H,7-8,11-12,18,20-21H2,1-3H3,(H,35,39). The van der Waals surface area contributed by atoms with E-state index in [4.69, 9.17) is 32.7 Å². The molecule has 1 atom stereocenters. The lowest BCUT2D eigenvalue weighted by Gasteiger charge is -2.34. The highest BCUT2D eigenvalue weighted by Gasteiger charge is 2.35. The van der Waals surface area contributed by atoms with Gasteiger partial charge in [0.2, 0.25) is 21.8 Å². The Labute approximate surface area is 269 Å². The molecular weight excluding hydrogens is 625 g/mol. The summed E-state index contributed by atoms with van der Waals surface area (Å²) >= 11 is 12.5. The van der Waals surface area contributed by atoms with Crippen LogP contribution in [0.5, 0.6) is 11.5 Å². The monoisotopic (exact) mass is 661 g/mol. The van der Waals surface area contributed by atoms with Crippen molar-refractivity contribution in [3.8, 4) is 11.5 Å². The summed E-state index contributed by atoms with van der Waals surface area (Å²) in [6.07, 6.45) is 5.01. The Bertz CT molecular complexity index is 1570. The largest absolute Gasteiger partial charge is 0.497 e.